The third-order valence-corrected chi connectivity index (χ3v) is 5.24. The van der Waals surface area contributed by atoms with Crippen molar-refractivity contribution in [2.45, 2.75) is 38.8 Å². The van der Waals surface area contributed by atoms with Gasteiger partial charge in [-0.2, -0.15) is 0 Å². The number of carbonyl (C=O) groups excluding carboxylic acids is 1. The summed E-state index contributed by atoms with van der Waals surface area (Å²) < 4.78 is 5.65. The fourth-order valence-electron chi connectivity index (χ4n) is 3.10. The number of ether oxygens (including phenoxy) is 1. The molecule has 6 nitrogen and oxygen atoms in total. The fraction of sp³-hybridized carbons (Fsp3) is 0.500. The number of nitrogens with zero attached hydrogens (tertiary/aromatic N) is 1. The van der Waals surface area contributed by atoms with E-state index in [2.05, 4.69) is 15.3 Å². The van der Waals surface area contributed by atoms with E-state index in [1.807, 2.05) is 32.9 Å². The zero-order valence-electron chi connectivity index (χ0n) is 13.9. The molecule has 0 spiro atoms. The lowest BCUT2D eigenvalue weighted by Gasteiger charge is -2.57. The molecule has 1 amide bonds. The third kappa shape index (κ3) is 2.77. The Bertz CT molecular complexity index is 762. The number of fused-ring (bicyclic) bond motifs is 1. The number of aromatic nitrogens is 2. The van der Waals surface area contributed by atoms with Crippen LogP contribution in [0.25, 0.3) is 11.0 Å². The highest BCUT2D eigenvalue weighted by Crippen LogP contribution is 2.50. The number of carbonyl (C=O) groups is 1. The first kappa shape index (κ1) is 19.0. The van der Waals surface area contributed by atoms with Crippen LogP contribution in [-0.2, 0) is 9.53 Å². The molecule has 2 atom stereocenters. The van der Waals surface area contributed by atoms with E-state index < -0.39 is 11.0 Å². The summed E-state index contributed by atoms with van der Waals surface area (Å²) in [4.78, 5) is 20.0. The van der Waals surface area contributed by atoms with Gasteiger partial charge in [-0.1, -0.05) is 31.5 Å². The van der Waals surface area contributed by atoms with Crippen molar-refractivity contribution in [2.24, 2.45) is 11.1 Å². The highest BCUT2D eigenvalue weighted by Gasteiger charge is 2.63. The Hall–Kier alpha value is -1.34. The Morgan fingerprint density at radius 3 is 2.83 bits per heavy atom. The number of hydrogen-bond donors (Lipinski definition) is 3. The minimum absolute atomic E-state index is 0. The Labute approximate surface area is 151 Å². The number of nitrogens with one attached hydrogen (secondary N) is 2. The van der Waals surface area contributed by atoms with E-state index in [0.29, 0.717) is 29.5 Å². The second-order valence-electron chi connectivity index (χ2n) is 6.52. The smallest absolute Gasteiger partial charge is 0.247 e. The minimum Gasteiger partial charge on any atom is -0.378 e. The molecule has 1 aliphatic carbocycles. The normalized spacial score (nSPS) is 25.0. The van der Waals surface area contributed by atoms with Crippen LogP contribution >= 0.6 is 24.0 Å². The van der Waals surface area contributed by atoms with Gasteiger partial charge in [0.25, 0.3) is 0 Å². The summed E-state index contributed by atoms with van der Waals surface area (Å²) in [6.07, 6.45) is 0.467. The van der Waals surface area contributed by atoms with Crippen molar-refractivity contribution in [3.63, 3.8) is 0 Å². The van der Waals surface area contributed by atoms with Gasteiger partial charge in [0.1, 0.15) is 11.1 Å². The van der Waals surface area contributed by atoms with E-state index in [0.717, 1.165) is 5.52 Å². The molecule has 1 heterocycles. The molecule has 2 aromatic rings. The van der Waals surface area contributed by atoms with Crippen molar-refractivity contribution < 1.29 is 9.53 Å². The van der Waals surface area contributed by atoms with Gasteiger partial charge in [-0.3, -0.25) is 10.1 Å². The summed E-state index contributed by atoms with van der Waals surface area (Å²) in [5, 5.41) is 3.30. The van der Waals surface area contributed by atoms with Crippen molar-refractivity contribution in [3.8, 4) is 0 Å². The summed E-state index contributed by atoms with van der Waals surface area (Å²) >= 11 is 6.10. The second kappa shape index (κ2) is 6.52. The lowest BCUT2D eigenvalue weighted by Crippen LogP contribution is -2.74. The quantitative estimate of drug-likeness (QED) is 0.768. The molecule has 2 unspecified atom stereocenters. The number of nitrogens with two attached hydrogens (primary N) is 1. The van der Waals surface area contributed by atoms with Gasteiger partial charge in [0.2, 0.25) is 11.9 Å². The van der Waals surface area contributed by atoms with Crippen molar-refractivity contribution in [1.29, 1.82) is 0 Å². The third-order valence-electron chi connectivity index (χ3n) is 4.93. The summed E-state index contributed by atoms with van der Waals surface area (Å²) in [7, 11) is 0. The van der Waals surface area contributed by atoms with E-state index >= 15 is 0 Å². The first-order valence-electron chi connectivity index (χ1n) is 7.65. The largest absolute Gasteiger partial charge is 0.378 e. The van der Waals surface area contributed by atoms with Crippen molar-refractivity contribution >= 4 is 46.9 Å². The number of imidazole rings is 1. The number of H-pyrrole nitrogens is 1. The summed E-state index contributed by atoms with van der Waals surface area (Å²) in [6.45, 7) is 6.44. The number of anilines is 1. The average Bonchev–Trinajstić information content (AvgIpc) is 2.90. The standard InChI is InChI=1S/C16H21ClN4O2.ClH/c1-4-23-11-8-16(18,15(11,2)3)13(22)21-14-19-10-7-5-6-9(17)12(10)20-14;/h5-7,11H,4,8,18H2,1-3H3,(H2,19,20,21,22);1H. The van der Waals surface area contributed by atoms with Crippen LogP contribution < -0.4 is 11.1 Å². The Balaban J connectivity index is 0.00000208. The lowest BCUT2D eigenvalue weighted by atomic mass is 9.54. The highest BCUT2D eigenvalue weighted by molar-refractivity contribution is 6.35. The number of aromatic amines is 1. The molecule has 0 bridgehead atoms. The molecule has 24 heavy (non-hydrogen) atoms. The molecule has 1 aliphatic rings. The van der Waals surface area contributed by atoms with Crippen LogP contribution in [0, 0.1) is 5.41 Å². The monoisotopic (exact) mass is 372 g/mol. The minimum atomic E-state index is -0.990. The maximum atomic E-state index is 12.7. The number of hydrogen-bond acceptors (Lipinski definition) is 4. The average molecular weight is 373 g/mol. The van der Waals surface area contributed by atoms with Crippen molar-refractivity contribution in [2.75, 3.05) is 11.9 Å². The van der Waals surface area contributed by atoms with Crippen molar-refractivity contribution in [1.82, 2.24) is 9.97 Å². The predicted molar refractivity (Wildman–Crippen MR) is 97.7 cm³/mol. The Morgan fingerprint density at radius 1 is 1.54 bits per heavy atom. The van der Waals surface area contributed by atoms with Crippen LogP contribution in [0.3, 0.4) is 0 Å². The zero-order chi connectivity index (χ0) is 16.8. The van der Waals surface area contributed by atoms with Crippen LogP contribution in [0.2, 0.25) is 5.02 Å². The molecule has 0 radical (unpaired) electrons. The number of amides is 1. The SMILES string of the molecule is CCOC1CC(N)(C(=O)Nc2nc3c(Cl)cccc3[nH]2)C1(C)C.Cl. The lowest BCUT2D eigenvalue weighted by molar-refractivity contribution is -0.166. The summed E-state index contributed by atoms with van der Waals surface area (Å²) in [5.74, 6) is 0.0761. The van der Waals surface area contributed by atoms with Gasteiger partial charge in [0.05, 0.1) is 16.6 Å². The van der Waals surface area contributed by atoms with Gasteiger partial charge in [0, 0.05) is 18.4 Å². The predicted octanol–water partition coefficient (Wildman–Crippen LogP) is 3.11. The van der Waals surface area contributed by atoms with Gasteiger partial charge in [-0.05, 0) is 19.1 Å². The van der Waals surface area contributed by atoms with E-state index in [1.54, 1.807) is 6.07 Å². The van der Waals surface area contributed by atoms with Crippen LogP contribution in [0.15, 0.2) is 18.2 Å². The molecule has 1 saturated carbocycles. The maximum Gasteiger partial charge on any atom is 0.247 e. The van der Waals surface area contributed by atoms with Gasteiger partial charge in [-0.15, -0.1) is 12.4 Å². The van der Waals surface area contributed by atoms with Crippen LogP contribution in [0.1, 0.15) is 27.2 Å². The van der Waals surface area contributed by atoms with E-state index in [9.17, 15) is 4.79 Å². The zero-order valence-corrected chi connectivity index (χ0v) is 15.4. The molecule has 0 saturated heterocycles. The molecular weight excluding hydrogens is 351 g/mol. The molecule has 4 N–H and O–H groups in total. The van der Waals surface area contributed by atoms with Crippen LogP contribution in [-0.4, -0.2) is 34.1 Å². The summed E-state index contributed by atoms with van der Waals surface area (Å²) in [5.41, 5.74) is 6.30. The van der Waals surface area contributed by atoms with Gasteiger partial charge < -0.3 is 15.5 Å². The molecule has 8 heteroatoms. The molecule has 1 fully saturated rings. The number of para-hydroxylation sites is 1. The van der Waals surface area contributed by atoms with E-state index in [1.165, 1.54) is 0 Å². The molecule has 1 aromatic carbocycles. The van der Waals surface area contributed by atoms with Gasteiger partial charge in [0.15, 0.2) is 0 Å². The maximum absolute atomic E-state index is 12.7. The fourth-order valence-corrected chi connectivity index (χ4v) is 3.31. The van der Waals surface area contributed by atoms with Gasteiger partial charge >= 0.3 is 0 Å². The number of rotatable bonds is 4. The van der Waals surface area contributed by atoms with Crippen molar-refractivity contribution in [3.05, 3.63) is 23.2 Å². The van der Waals surface area contributed by atoms with Crippen LogP contribution in [0.5, 0.6) is 0 Å². The van der Waals surface area contributed by atoms with Crippen LogP contribution in [0.4, 0.5) is 5.95 Å². The first-order valence-corrected chi connectivity index (χ1v) is 8.03. The first-order chi connectivity index (χ1) is 10.8. The Kier molecular flexibility index (Phi) is 5.16. The Morgan fingerprint density at radius 2 is 2.25 bits per heavy atom. The topological polar surface area (TPSA) is 93.0 Å². The molecule has 132 valence electrons. The highest BCUT2D eigenvalue weighted by atomic mass is 35.5. The molecular formula is C16H22Cl2N4O2. The summed E-state index contributed by atoms with van der Waals surface area (Å²) in [6, 6.07) is 5.42. The number of benzene rings is 1. The van der Waals surface area contributed by atoms with Gasteiger partial charge in [-0.25, -0.2) is 4.98 Å². The van der Waals surface area contributed by atoms with E-state index in [4.69, 9.17) is 22.1 Å². The second-order valence-corrected chi connectivity index (χ2v) is 6.92. The molecule has 3 rings (SSSR count). The van der Waals surface area contributed by atoms with E-state index in [-0.39, 0.29) is 24.4 Å². The molecule has 1 aromatic heterocycles. The number of halogens is 2. The molecule has 0 aliphatic heterocycles.